The Morgan fingerprint density at radius 1 is 1.06 bits per heavy atom. The van der Waals surface area contributed by atoms with Crippen LogP contribution in [0, 0.1) is 5.82 Å². The van der Waals surface area contributed by atoms with Crippen LogP contribution in [0.3, 0.4) is 0 Å². The van der Waals surface area contributed by atoms with Crippen molar-refractivity contribution < 1.29 is 4.39 Å². The number of guanidine groups is 1. The highest BCUT2D eigenvalue weighted by atomic mass is 127. The number of nitrogens with zero attached hydrogens (tertiary/aromatic N) is 6. The third-order valence-corrected chi connectivity index (χ3v) is 5.16. The molecule has 0 saturated carbocycles. The summed E-state index contributed by atoms with van der Waals surface area (Å²) in [4.78, 5) is 13.4. The molecule has 1 aromatic carbocycles. The Bertz CT molecular complexity index is 967. The van der Waals surface area contributed by atoms with Crippen LogP contribution in [0.15, 0.2) is 65.9 Å². The highest BCUT2D eigenvalue weighted by molar-refractivity contribution is 14.0. The van der Waals surface area contributed by atoms with Gasteiger partial charge in [-0.1, -0.05) is 6.07 Å². The molecule has 4 rings (SSSR count). The van der Waals surface area contributed by atoms with Gasteiger partial charge in [-0.25, -0.2) is 14.1 Å². The van der Waals surface area contributed by atoms with Crippen molar-refractivity contribution in [2.24, 2.45) is 4.99 Å². The van der Waals surface area contributed by atoms with E-state index in [0.717, 1.165) is 62.3 Å². The number of hydrogen-bond donors (Lipinski definition) is 1. The van der Waals surface area contributed by atoms with E-state index in [-0.39, 0.29) is 29.8 Å². The van der Waals surface area contributed by atoms with E-state index in [2.05, 4.69) is 30.2 Å². The highest BCUT2D eigenvalue weighted by Crippen LogP contribution is 2.13. The van der Waals surface area contributed by atoms with Gasteiger partial charge >= 0.3 is 0 Å². The number of nitrogens with one attached hydrogen (secondary N) is 1. The zero-order chi connectivity index (χ0) is 20.8. The minimum atomic E-state index is -0.248. The van der Waals surface area contributed by atoms with Gasteiger partial charge in [-0.2, -0.15) is 5.10 Å². The third kappa shape index (κ3) is 5.93. The Kier molecular flexibility index (Phi) is 8.21. The molecule has 9 heteroatoms. The Morgan fingerprint density at radius 2 is 1.84 bits per heavy atom. The average molecular weight is 535 g/mol. The number of hydrogen-bond acceptors (Lipinski definition) is 4. The van der Waals surface area contributed by atoms with Crippen LogP contribution < -0.4 is 10.2 Å². The van der Waals surface area contributed by atoms with Gasteiger partial charge in [-0.05, 0) is 42.5 Å². The molecule has 0 aliphatic carbocycles. The maximum Gasteiger partial charge on any atom is 0.193 e. The lowest BCUT2D eigenvalue weighted by Crippen LogP contribution is -2.53. The number of benzene rings is 1. The lowest BCUT2D eigenvalue weighted by molar-refractivity contribution is 0.371. The molecule has 1 saturated heterocycles. The summed E-state index contributed by atoms with van der Waals surface area (Å²) in [6.45, 7) is 4.37. The number of pyridine rings is 1. The number of piperazine rings is 1. The van der Waals surface area contributed by atoms with E-state index in [1.807, 2.05) is 43.7 Å². The van der Waals surface area contributed by atoms with Gasteiger partial charge in [-0.3, -0.25) is 4.99 Å². The van der Waals surface area contributed by atoms with Crippen molar-refractivity contribution in [3.05, 3.63) is 72.4 Å². The lowest BCUT2D eigenvalue weighted by Gasteiger charge is -2.37. The van der Waals surface area contributed by atoms with Crippen molar-refractivity contribution in [3.63, 3.8) is 0 Å². The SMILES string of the molecule is CN=C(NCCc1ccn(-c2ccc(F)cc2)n1)N1CCN(c2ccccn2)CC1.I. The molecule has 1 N–H and O–H groups in total. The second-order valence-corrected chi connectivity index (χ2v) is 7.11. The second kappa shape index (κ2) is 11.1. The van der Waals surface area contributed by atoms with Gasteiger partial charge < -0.3 is 15.1 Å². The number of aliphatic imine (C=N–C) groups is 1. The summed E-state index contributed by atoms with van der Waals surface area (Å²) in [5, 5.41) is 8.02. The summed E-state index contributed by atoms with van der Waals surface area (Å²) < 4.78 is 14.9. The third-order valence-electron chi connectivity index (χ3n) is 5.16. The molecule has 164 valence electrons. The topological polar surface area (TPSA) is 61.6 Å². The van der Waals surface area contributed by atoms with Gasteiger partial charge in [0, 0.05) is 58.6 Å². The van der Waals surface area contributed by atoms with E-state index in [4.69, 9.17) is 0 Å². The quantitative estimate of drug-likeness (QED) is 0.310. The molecule has 0 spiro atoms. The van der Waals surface area contributed by atoms with E-state index < -0.39 is 0 Å². The fourth-order valence-corrected chi connectivity index (χ4v) is 3.56. The predicted octanol–water partition coefficient (Wildman–Crippen LogP) is 2.96. The van der Waals surface area contributed by atoms with E-state index in [9.17, 15) is 4.39 Å². The van der Waals surface area contributed by atoms with Crippen LogP contribution in [0.1, 0.15) is 5.69 Å². The first-order valence-corrected chi connectivity index (χ1v) is 10.1. The Labute approximate surface area is 199 Å². The summed E-state index contributed by atoms with van der Waals surface area (Å²) in [7, 11) is 1.82. The van der Waals surface area contributed by atoms with Crippen molar-refractivity contribution in [2.75, 3.05) is 44.7 Å². The van der Waals surface area contributed by atoms with Gasteiger partial charge in [0.2, 0.25) is 0 Å². The molecule has 1 aliphatic rings. The Morgan fingerprint density at radius 3 is 2.52 bits per heavy atom. The zero-order valence-corrected chi connectivity index (χ0v) is 19.8. The number of aromatic nitrogens is 3. The van der Waals surface area contributed by atoms with Crippen molar-refractivity contribution in [1.82, 2.24) is 25.0 Å². The number of anilines is 1. The summed E-state index contributed by atoms with van der Waals surface area (Å²) in [5.41, 5.74) is 1.82. The number of halogens is 2. The van der Waals surface area contributed by atoms with Gasteiger partial charge in [0.05, 0.1) is 11.4 Å². The van der Waals surface area contributed by atoms with Crippen LogP contribution >= 0.6 is 24.0 Å². The molecule has 0 atom stereocenters. The average Bonchev–Trinajstić information content (AvgIpc) is 3.27. The van der Waals surface area contributed by atoms with Crippen LogP contribution in [0.5, 0.6) is 0 Å². The summed E-state index contributed by atoms with van der Waals surface area (Å²) >= 11 is 0. The molecule has 31 heavy (non-hydrogen) atoms. The van der Waals surface area contributed by atoms with Gasteiger partial charge in [0.15, 0.2) is 5.96 Å². The van der Waals surface area contributed by atoms with Crippen LogP contribution in [-0.4, -0.2) is 65.4 Å². The molecule has 3 aromatic rings. The molecule has 7 nitrogen and oxygen atoms in total. The molecule has 0 unspecified atom stereocenters. The van der Waals surface area contributed by atoms with Crippen LogP contribution in [0.2, 0.25) is 0 Å². The predicted molar refractivity (Wildman–Crippen MR) is 132 cm³/mol. The largest absolute Gasteiger partial charge is 0.356 e. The molecule has 0 amide bonds. The van der Waals surface area contributed by atoms with Gasteiger partial charge in [0.1, 0.15) is 11.6 Å². The fraction of sp³-hybridized carbons (Fsp3) is 0.318. The van der Waals surface area contributed by atoms with Crippen molar-refractivity contribution >= 4 is 35.8 Å². The normalized spacial score (nSPS) is 14.3. The molecule has 3 heterocycles. The summed E-state index contributed by atoms with van der Waals surface area (Å²) in [6, 6.07) is 14.3. The molecule has 0 radical (unpaired) electrons. The first-order valence-electron chi connectivity index (χ1n) is 10.1. The number of rotatable bonds is 5. The lowest BCUT2D eigenvalue weighted by atomic mass is 10.3. The van der Waals surface area contributed by atoms with Crippen molar-refractivity contribution in [1.29, 1.82) is 0 Å². The zero-order valence-electron chi connectivity index (χ0n) is 17.5. The van der Waals surface area contributed by atoms with E-state index in [1.54, 1.807) is 16.8 Å². The molecule has 1 fully saturated rings. The van der Waals surface area contributed by atoms with Crippen molar-refractivity contribution in [3.8, 4) is 5.69 Å². The highest BCUT2D eigenvalue weighted by Gasteiger charge is 2.20. The van der Waals surface area contributed by atoms with Gasteiger partial charge in [-0.15, -0.1) is 24.0 Å². The summed E-state index contributed by atoms with van der Waals surface area (Å²) in [6.07, 6.45) is 4.51. The first kappa shape index (κ1) is 23.0. The molecular weight excluding hydrogens is 508 g/mol. The summed E-state index contributed by atoms with van der Waals surface area (Å²) in [5.74, 6) is 1.69. The minimum Gasteiger partial charge on any atom is -0.356 e. The van der Waals surface area contributed by atoms with E-state index in [0.29, 0.717) is 0 Å². The van der Waals surface area contributed by atoms with Crippen LogP contribution in [0.25, 0.3) is 5.69 Å². The minimum absolute atomic E-state index is 0. The molecule has 2 aromatic heterocycles. The monoisotopic (exact) mass is 535 g/mol. The Hall–Kier alpha value is -2.69. The van der Waals surface area contributed by atoms with Gasteiger partial charge in [0.25, 0.3) is 0 Å². The smallest absolute Gasteiger partial charge is 0.193 e. The van der Waals surface area contributed by atoms with Crippen molar-refractivity contribution in [2.45, 2.75) is 6.42 Å². The molecule has 1 aliphatic heterocycles. The van der Waals surface area contributed by atoms with E-state index in [1.165, 1.54) is 12.1 Å². The standard InChI is InChI=1S/C22H26FN7.HI/c1-24-22(29-16-14-28(15-17-29)21-4-2-3-11-25-21)26-12-9-19-10-13-30(27-19)20-7-5-18(23)6-8-20;/h2-8,10-11,13H,9,12,14-17H2,1H3,(H,24,26);1H. The second-order valence-electron chi connectivity index (χ2n) is 7.11. The maximum absolute atomic E-state index is 13.1. The van der Waals surface area contributed by atoms with E-state index >= 15 is 0 Å². The molecular formula is C22H27FIN7. The van der Waals surface area contributed by atoms with Crippen LogP contribution in [-0.2, 0) is 6.42 Å². The first-order chi connectivity index (χ1) is 14.7. The van der Waals surface area contributed by atoms with Crippen LogP contribution in [0.4, 0.5) is 10.2 Å². The molecule has 0 bridgehead atoms. The maximum atomic E-state index is 13.1. The Balaban J connectivity index is 0.00000272. The fourth-order valence-electron chi connectivity index (χ4n) is 3.56.